The maximum absolute atomic E-state index is 12.5. The van der Waals surface area contributed by atoms with E-state index in [2.05, 4.69) is 15.1 Å². The normalized spacial score (nSPS) is 27.0. The summed E-state index contributed by atoms with van der Waals surface area (Å²) in [5, 5.41) is 3.35. The van der Waals surface area contributed by atoms with Gasteiger partial charge >= 0.3 is 0 Å². The van der Waals surface area contributed by atoms with Crippen molar-refractivity contribution < 1.29 is 9.53 Å². The largest absolute Gasteiger partial charge is 0.379 e. The van der Waals surface area contributed by atoms with E-state index in [9.17, 15) is 4.79 Å². The van der Waals surface area contributed by atoms with Crippen LogP contribution in [-0.2, 0) is 9.53 Å². The Morgan fingerprint density at radius 1 is 1.04 bits per heavy atom. The standard InChI is InChI=1S/C16H29N3O2.2ClH/c20-16(15-2-1-5-17-12-15)19-6-3-14(4-7-19)13-18-8-10-21-11-9-18;;/h14-15,17H,1-13H2;2*1H. The second kappa shape index (κ2) is 10.7. The monoisotopic (exact) mass is 367 g/mol. The first-order valence-corrected chi connectivity index (χ1v) is 8.62. The predicted octanol–water partition coefficient (Wildman–Crippen LogP) is 1.40. The number of likely N-dealkylation sites (tertiary alicyclic amines) is 1. The average Bonchev–Trinajstić information content (AvgIpc) is 2.57. The Labute approximate surface area is 152 Å². The van der Waals surface area contributed by atoms with Gasteiger partial charge in [-0.2, -0.15) is 0 Å². The van der Waals surface area contributed by atoms with Crippen LogP contribution in [0.15, 0.2) is 0 Å². The van der Waals surface area contributed by atoms with Crippen LogP contribution < -0.4 is 5.32 Å². The zero-order chi connectivity index (χ0) is 14.5. The summed E-state index contributed by atoms with van der Waals surface area (Å²) in [5.41, 5.74) is 0. The molecule has 0 aromatic rings. The third-order valence-corrected chi connectivity index (χ3v) is 5.19. The molecule has 0 aliphatic carbocycles. The van der Waals surface area contributed by atoms with E-state index in [1.165, 1.54) is 19.4 Å². The highest BCUT2D eigenvalue weighted by molar-refractivity contribution is 5.85. The Hall–Kier alpha value is -0.0700. The molecule has 1 N–H and O–H groups in total. The molecule has 136 valence electrons. The fourth-order valence-electron chi connectivity index (χ4n) is 3.81. The fraction of sp³-hybridized carbons (Fsp3) is 0.938. The highest BCUT2D eigenvalue weighted by Gasteiger charge is 2.29. The molecule has 3 rings (SSSR count). The molecule has 5 nitrogen and oxygen atoms in total. The van der Waals surface area contributed by atoms with Gasteiger partial charge in [0.25, 0.3) is 0 Å². The summed E-state index contributed by atoms with van der Waals surface area (Å²) in [6.07, 6.45) is 4.55. The number of morpholine rings is 1. The number of nitrogens with one attached hydrogen (secondary N) is 1. The lowest BCUT2D eigenvalue weighted by Gasteiger charge is -2.37. The van der Waals surface area contributed by atoms with E-state index < -0.39 is 0 Å². The van der Waals surface area contributed by atoms with Gasteiger partial charge < -0.3 is 15.0 Å². The number of nitrogens with zero attached hydrogens (tertiary/aromatic N) is 2. The first kappa shape index (κ1) is 21.0. The van der Waals surface area contributed by atoms with Crippen LogP contribution in [0.25, 0.3) is 0 Å². The lowest BCUT2D eigenvalue weighted by atomic mass is 9.93. The van der Waals surface area contributed by atoms with Crippen molar-refractivity contribution in [1.29, 1.82) is 0 Å². The SMILES string of the molecule is Cl.Cl.O=C(C1CCCNC1)N1CCC(CN2CCOCC2)CC1. The van der Waals surface area contributed by atoms with Gasteiger partial charge in [-0.25, -0.2) is 0 Å². The maximum atomic E-state index is 12.5. The molecule has 23 heavy (non-hydrogen) atoms. The van der Waals surface area contributed by atoms with Crippen LogP contribution >= 0.6 is 24.8 Å². The second-order valence-electron chi connectivity index (χ2n) is 6.72. The van der Waals surface area contributed by atoms with Crippen LogP contribution in [0.3, 0.4) is 0 Å². The number of halogens is 2. The number of ether oxygens (including phenoxy) is 1. The Morgan fingerprint density at radius 2 is 1.74 bits per heavy atom. The molecule has 3 fully saturated rings. The van der Waals surface area contributed by atoms with Gasteiger partial charge in [0.1, 0.15) is 0 Å². The summed E-state index contributed by atoms with van der Waals surface area (Å²) < 4.78 is 5.40. The molecular weight excluding hydrogens is 337 g/mol. The van der Waals surface area contributed by atoms with Gasteiger partial charge in [-0.05, 0) is 38.1 Å². The number of hydrogen-bond acceptors (Lipinski definition) is 4. The minimum atomic E-state index is 0. The van der Waals surface area contributed by atoms with Crippen molar-refractivity contribution in [3.8, 4) is 0 Å². The zero-order valence-electron chi connectivity index (χ0n) is 13.9. The summed E-state index contributed by atoms with van der Waals surface area (Å²) in [7, 11) is 0. The number of carbonyl (C=O) groups is 1. The summed E-state index contributed by atoms with van der Waals surface area (Å²) >= 11 is 0. The summed E-state index contributed by atoms with van der Waals surface area (Å²) in [5.74, 6) is 1.39. The van der Waals surface area contributed by atoms with Crippen molar-refractivity contribution in [1.82, 2.24) is 15.1 Å². The highest BCUT2D eigenvalue weighted by Crippen LogP contribution is 2.22. The number of rotatable bonds is 3. The van der Waals surface area contributed by atoms with Crippen molar-refractivity contribution >= 4 is 30.7 Å². The van der Waals surface area contributed by atoms with Gasteiger partial charge in [-0.1, -0.05) is 0 Å². The topological polar surface area (TPSA) is 44.8 Å². The molecule has 3 aliphatic rings. The quantitative estimate of drug-likeness (QED) is 0.818. The van der Waals surface area contributed by atoms with Gasteiger partial charge in [-0.3, -0.25) is 9.69 Å². The minimum Gasteiger partial charge on any atom is -0.379 e. The average molecular weight is 368 g/mol. The minimum absolute atomic E-state index is 0. The van der Waals surface area contributed by atoms with Crippen molar-refractivity contribution in [2.45, 2.75) is 25.7 Å². The van der Waals surface area contributed by atoms with E-state index in [4.69, 9.17) is 4.74 Å². The van der Waals surface area contributed by atoms with Crippen molar-refractivity contribution in [3.05, 3.63) is 0 Å². The number of carbonyl (C=O) groups excluding carboxylic acids is 1. The highest BCUT2D eigenvalue weighted by atomic mass is 35.5. The Morgan fingerprint density at radius 3 is 2.35 bits per heavy atom. The molecule has 7 heteroatoms. The van der Waals surface area contributed by atoms with E-state index in [-0.39, 0.29) is 30.7 Å². The third kappa shape index (κ3) is 6.05. The number of piperidine rings is 2. The number of hydrogen-bond donors (Lipinski definition) is 1. The molecule has 1 amide bonds. The van der Waals surface area contributed by atoms with E-state index >= 15 is 0 Å². The molecule has 1 atom stereocenters. The molecule has 1 unspecified atom stereocenters. The van der Waals surface area contributed by atoms with Gasteiger partial charge in [0.05, 0.1) is 19.1 Å². The summed E-state index contributed by atoms with van der Waals surface area (Å²) in [6.45, 7) is 8.99. The molecule has 3 aliphatic heterocycles. The van der Waals surface area contributed by atoms with Crippen LogP contribution in [0, 0.1) is 11.8 Å². The molecule has 0 aromatic carbocycles. The van der Waals surface area contributed by atoms with Crippen LogP contribution in [0.5, 0.6) is 0 Å². The van der Waals surface area contributed by atoms with E-state index in [1.807, 2.05) is 0 Å². The smallest absolute Gasteiger partial charge is 0.226 e. The summed E-state index contributed by atoms with van der Waals surface area (Å²) in [6, 6.07) is 0. The Bertz CT molecular complexity index is 340. The predicted molar refractivity (Wildman–Crippen MR) is 96.7 cm³/mol. The summed E-state index contributed by atoms with van der Waals surface area (Å²) in [4.78, 5) is 17.2. The van der Waals surface area contributed by atoms with E-state index in [0.717, 1.165) is 71.2 Å². The van der Waals surface area contributed by atoms with Gasteiger partial charge in [0.2, 0.25) is 5.91 Å². The second-order valence-corrected chi connectivity index (χ2v) is 6.72. The van der Waals surface area contributed by atoms with Gasteiger partial charge in [0.15, 0.2) is 0 Å². The van der Waals surface area contributed by atoms with Crippen LogP contribution in [-0.4, -0.2) is 74.7 Å². The molecule has 0 bridgehead atoms. The Balaban J connectivity index is 0.00000132. The lowest BCUT2D eigenvalue weighted by molar-refractivity contribution is -0.137. The fourth-order valence-corrected chi connectivity index (χ4v) is 3.81. The molecule has 0 aromatic heterocycles. The van der Waals surface area contributed by atoms with Crippen LogP contribution in [0.1, 0.15) is 25.7 Å². The molecular formula is C16H31Cl2N3O2. The molecule has 0 radical (unpaired) electrons. The van der Waals surface area contributed by atoms with Crippen molar-refractivity contribution in [2.75, 3.05) is 59.0 Å². The van der Waals surface area contributed by atoms with Gasteiger partial charge in [-0.15, -0.1) is 24.8 Å². The number of amides is 1. The first-order chi connectivity index (χ1) is 10.3. The molecule has 0 saturated carbocycles. The zero-order valence-corrected chi connectivity index (χ0v) is 15.5. The van der Waals surface area contributed by atoms with Gasteiger partial charge in [0, 0.05) is 39.3 Å². The van der Waals surface area contributed by atoms with Crippen LogP contribution in [0.4, 0.5) is 0 Å². The first-order valence-electron chi connectivity index (χ1n) is 8.62. The lowest BCUT2D eigenvalue weighted by Crippen LogP contribution is -2.48. The van der Waals surface area contributed by atoms with Crippen LogP contribution in [0.2, 0.25) is 0 Å². The maximum Gasteiger partial charge on any atom is 0.226 e. The molecule has 3 saturated heterocycles. The van der Waals surface area contributed by atoms with E-state index in [1.54, 1.807) is 0 Å². The van der Waals surface area contributed by atoms with Crippen molar-refractivity contribution in [2.24, 2.45) is 11.8 Å². The third-order valence-electron chi connectivity index (χ3n) is 5.19. The molecule has 0 spiro atoms. The van der Waals surface area contributed by atoms with E-state index in [0.29, 0.717) is 5.91 Å². The molecule has 3 heterocycles. The van der Waals surface area contributed by atoms with Crippen molar-refractivity contribution in [3.63, 3.8) is 0 Å². The Kier molecular flexibility index (Phi) is 9.78.